The fraction of sp³-hybridized carbons (Fsp3) is 0.300. The highest BCUT2D eigenvalue weighted by molar-refractivity contribution is 8.00. The number of Topliss-reactive ketones (excluding diaryl/α,β-unsaturated/α-hetero) is 1. The molecule has 2 aromatic carbocycles. The minimum Gasteiger partial charge on any atom is -0.293 e. The largest absolute Gasteiger partial charge is 0.293 e. The summed E-state index contributed by atoms with van der Waals surface area (Å²) >= 11 is 1.38. The van der Waals surface area contributed by atoms with Gasteiger partial charge in [-0.1, -0.05) is 47.2 Å². The van der Waals surface area contributed by atoms with Crippen LogP contribution in [0.3, 0.4) is 0 Å². The number of thioether (sulfide) groups is 1. The minimum absolute atomic E-state index is 0.0892. The summed E-state index contributed by atoms with van der Waals surface area (Å²) < 4.78 is 1.70. The fourth-order valence-corrected chi connectivity index (χ4v) is 3.75. The van der Waals surface area contributed by atoms with Crippen LogP contribution in [-0.4, -0.2) is 31.2 Å². The first-order valence-corrected chi connectivity index (χ1v) is 9.39. The molecule has 0 aliphatic rings. The average Bonchev–Trinajstić information content (AvgIpc) is 3.04. The highest BCUT2D eigenvalue weighted by Crippen LogP contribution is 2.27. The summed E-state index contributed by atoms with van der Waals surface area (Å²) in [7, 11) is 0. The van der Waals surface area contributed by atoms with Gasteiger partial charge in [0.2, 0.25) is 5.16 Å². The zero-order valence-electron chi connectivity index (χ0n) is 15.6. The molecule has 0 aliphatic heterocycles. The topological polar surface area (TPSA) is 60.7 Å². The van der Waals surface area contributed by atoms with E-state index < -0.39 is 0 Å². The number of aryl methyl sites for hydroxylation is 4. The molecule has 1 aromatic heterocycles. The first-order valence-electron chi connectivity index (χ1n) is 8.51. The van der Waals surface area contributed by atoms with Gasteiger partial charge in [0.1, 0.15) is 0 Å². The van der Waals surface area contributed by atoms with Gasteiger partial charge in [-0.05, 0) is 68.3 Å². The zero-order chi connectivity index (χ0) is 18.8. The van der Waals surface area contributed by atoms with E-state index in [9.17, 15) is 4.79 Å². The second-order valence-corrected chi connectivity index (χ2v) is 7.91. The lowest BCUT2D eigenvalue weighted by Crippen LogP contribution is -2.16. The van der Waals surface area contributed by atoms with Crippen molar-refractivity contribution in [1.82, 2.24) is 20.2 Å². The molecule has 26 heavy (non-hydrogen) atoms. The fourth-order valence-electron chi connectivity index (χ4n) is 2.88. The van der Waals surface area contributed by atoms with Crippen molar-refractivity contribution in [3.8, 4) is 5.69 Å². The number of hydrogen-bond acceptors (Lipinski definition) is 5. The number of nitrogens with zero attached hydrogens (tertiary/aromatic N) is 4. The molecule has 0 spiro atoms. The van der Waals surface area contributed by atoms with Crippen LogP contribution in [0.15, 0.2) is 41.6 Å². The molecule has 5 nitrogen and oxygen atoms in total. The van der Waals surface area contributed by atoms with Gasteiger partial charge < -0.3 is 0 Å². The Morgan fingerprint density at radius 1 is 1.00 bits per heavy atom. The van der Waals surface area contributed by atoms with Gasteiger partial charge in [0, 0.05) is 5.56 Å². The molecular weight excluding hydrogens is 344 g/mol. The number of carbonyl (C=O) groups is 1. The standard InChI is InChI=1S/C20H22N4OS/c1-12-7-9-18(15(4)10-12)24-20(21-22-23-24)26-16(5)19(25)17-11-13(2)6-8-14(17)3/h6-11,16H,1-5H3/t16-/m1/s1. The Balaban J connectivity index is 1.87. The Labute approximate surface area is 157 Å². The second kappa shape index (κ2) is 7.41. The van der Waals surface area contributed by atoms with Gasteiger partial charge in [0.25, 0.3) is 0 Å². The molecule has 0 saturated carbocycles. The van der Waals surface area contributed by atoms with Crippen molar-refractivity contribution in [2.45, 2.75) is 45.0 Å². The summed E-state index contributed by atoms with van der Waals surface area (Å²) in [4.78, 5) is 12.9. The van der Waals surface area contributed by atoms with Gasteiger partial charge in [-0.15, -0.1) is 5.10 Å². The van der Waals surface area contributed by atoms with Crippen molar-refractivity contribution < 1.29 is 4.79 Å². The molecule has 0 bridgehead atoms. The van der Waals surface area contributed by atoms with Gasteiger partial charge in [-0.2, -0.15) is 4.68 Å². The summed E-state index contributed by atoms with van der Waals surface area (Å²) in [6.45, 7) is 9.94. The van der Waals surface area contributed by atoms with E-state index in [2.05, 4.69) is 28.5 Å². The summed E-state index contributed by atoms with van der Waals surface area (Å²) in [5.41, 5.74) is 6.03. The Kier molecular flexibility index (Phi) is 5.23. The van der Waals surface area contributed by atoms with Gasteiger partial charge in [-0.3, -0.25) is 4.79 Å². The van der Waals surface area contributed by atoms with Gasteiger partial charge in [0.05, 0.1) is 10.9 Å². The smallest absolute Gasteiger partial charge is 0.214 e. The van der Waals surface area contributed by atoms with Crippen molar-refractivity contribution in [1.29, 1.82) is 0 Å². The molecule has 0 amide bonds. The number of benzene rings is 2. The predicted octanol–water partition coefficient (Wildman–Crippen LogP) is 4.26. The number of ketones is 1. The molecule has 6 heteroatoms. The zero-order valence-corrected chi connectivity index (χ0v) is 16.5. The van der Waals surface area contributed by atoms with Crippen LogP contribution in [0.4, 0.5) is 0 Å². The molecule has 0 radical (unpaired) electrons. The van der Waals surface area contributed by atoms with E-state index in [1.807, 2.05) is 58.0 Å². The molecule has 0 N–H and O–H groups in total. The summed E-state index contributed by atoms with van der Waals surface area (Å²) in [6, 6.07) is 12.1. The summed E-state index contributed by atoms with van der Waals surface area (Å²) in [6.07, 6.45) is 0. The van der Waals surface area contributed by atoms with E-state index in [-0.39, 0.29) is 11.0 Å². The molecule has 0 fully saturated rings. The van der Waals surface area contributed by atoms with Crippen LogP contribution in [0.25, 0.3) is 5.69 Å². The Bertz CT molecular complexity index is 964. The molecular formula is C20H22N4OS. The lowest BCUT2D eigenvalue weighted by atomic mass is 10.0. The van der Waals surface area contributed by atoms with Crippen LogP contribution in [0, 0.1) is 27.7 Å². The lowest BCUT2D eigenvalue weighted by molar-refractivity contribution is 0.0993. The van der Waals surface area contributed by atoms with Crippen LogP contribution >= 0.6 is 11.8 Å². The Morgan fingerprint density at radius 3 is 2.42 bits per heavy atom. The summed E-state index contributed by atoms with van der Waals surface area (Å²) in [5.74, 6) is 0.0892. The number of rotatable bonds is 5. The highest BCUT2D eigenvalue weighted by Gasteiger charge is 2.22. The number of carbonyl (C=O) groups excluding carboxylic acids is 1. The van der Waals surface area contributed by atoms with Gasteiger partial charge in [-0.25, -0.2) is 0 Å². The van der Waals surface area contributed by atoms with Gasteiger partial charge >= 0.3 is 0 Å². The quantitative estimate of drug-likeness (QED) is 0.499. The average molecular weight is 366 g/mol. The molecule has 3 aromatic rings. The minimum atomic E-state index is -0.286. The second-order valence-electron chi connectivity index (χ2n) is 6.61. The molecule has 0 unspecified atom stereocenters. The maximum Gasteiger partial charge on any atom is 0.214 e. The monoisotopic (exact) mass is 366 g/mol. The van der Waals surface area contributed by atoms with Crippen LogP contribution in [0.5, 0.6) is 0 Å². The number of tetrazole rings is 1. The van der Waals surface area contributed by atoms with Crippen molar-refractivity contribution in [2.75, 3.05) is 0 Å². The van der Waals surface area contributed by atoms with Crippen molar-refractivity contribution >= 4 is 17.5 Å². The summed E-state index contributed by atoms with van der Waals surface area (Å²) in [5, 5.41) is 12.4. The van der Waals surface area contributed by atoms with E-state index in [4.69, 9.17) is 0 Å². The SMILES string of the molecule is Cc1ccc(-n2nnnc2S[C@H](C)C(=O)c2cc(C)ccc2C)c(C)c1. The van der Waals surface area contributed by atoms with E-state index in [0.29, 0.717) is 5.16 Å². The van der Waals surface area contributed by atoms with Crippen molar-refractivity contribution in [3.05, 3.63) is 64.2 Å². The Hall–Kier alpha value is -2.47. The third-order valence-corrected chi connectivity index (χ3v) is 5.36. The molecule has 3 rings (SSSR count). The molecule has 1 atom stereocenters. The van der Waals surface area contributed by atoms with Crippen molar-refractivity contribution in [3.63, 3.8) is 0 Å². The van der Waals surface area contributed by atoms with Gasteiger partial charge in [0.15, 0.2) is 5.78 Å². The number of hydrogen-bond donors (Lipinski definition) is 0. The van der Waals surface area contributed by atoms with E-state index in [1.165, 1.54) is 17.3 Å². The maximum atomic E-state index is 12.9. The highest BCUT2D eigenvalue weighted by atomic mass is 32.2. The van der Waals surface area contributed by atoms with E-state index in [0.717, 1.165) is 27.9 Å². The van der Waals surface area contributed by atoms with E-state index in [1.54, 1.807) is 4.68 Å². The van der Waals surface area contributed by atoms with Crippen LogP contribution in [0.1, 0.15) is 39.5 Å². The molecule has 1 heterocycles. The Morgan fingerprint density at radius 2 is 1.69 bits per heavy atom. The third-order valence-electron chi connectivity index (χ3n) is 4.33. The normalized spacial score (nSPS) is 12.2. The molecule has 134 valence electrons. The molecule has 0 saturated heterocycles. The first kappa shape index (κ1) is 18.3. The molecule has 0 aliphatic carbocycles. The van der Waals surface area contributed by atoms with E-state index >= 15 is 0 Å². The van der Waals surface area contributed by atoms with Crippen LogP contribution < -0.4 is 0 Å². The van der Waals surface area contributed by atoms with Crippen molar-refractivity contribution in [2.24, 2.45) is 0 Å². The first-order chi connectivity index (χ1) is 12.4. The maximum absolute atomic E-state index is 12.9. The lowest BCUT2D eigenvalue weighted by Gasteiger charge is -2.13. The predicted molar refractivity (Wildman–Crippen MR) is 104 cm³/mol. The number of aromatic nitrogens is 4. The third kappa shape index (κ3) is 3.70. The van der Waals surface area contributed by atoms with Crippen LogP contribution in [0.2, 0.25) is 0 Å². The van der Waals surface area contributed by atoms with Crippen LogP contribution in [-0.2, 0) is 0 Å².